The highest BCUT2D eigenvalue weighted by molar-refractivity contribution is 5.92. The summed E-state index contributed by atoms with van der Waals surface area (Å²) >= 11 is 0. The SMILES string of the molecule is CCN1CCN(C(=O)Nc2cncc(C(=O)O)c2)CC1. The summed E-state index contributed by atoms with van der Waals surface area (Å²) in [6.45, 7) is 6.14. The van der Waals surface area contributed by atoms with E-state index in [0.29, 0.717) is 18.8 Å². The number of carboxylic acids is 1. The number of nitrogens with zero attached hydrogens (tertiary/aromatic N) is 3. The molecule has 0 radical (unpaired) electrons. The zero-order chi connectivity index (χ0) is 14.5. The van der Waals surface area contributed by atoms with Crippen molar-refractivity contribution in [3.8, 4) is 0 Å². The van der Waals surface area contributed by atoms with Crippen molar-refractivity contribution in [2.75, 3.05) is 38.0 Å². The zero-order valence-electron chi connectivity index (χ0n) is 11.4. The number of carboxylic acid groups (broad SMARTS) is 1. The third kappa shape index (κ3) is 3.45. The summed E-state index contributed by atoms with van der Waals surface area (Å²) in [5, 5.41) is 11.6. The second-order valence-electron chi connectivity index (χ2n) is 4.62. The Morgan fingerprint density at radius 1 is 1.30 bits per heavy atom. The molecule has 0 aromatic carbocycles. The van der Waals surface area contributed by atoms with Gasteiger partial charge in [0.15, 0.2) is 0 Å². The molecule has 0 aliphatic carbocycles. The molecule has 1 fully saturated rings. The van der Waals surface area contributed by atoms with Gasteiger partial charge in [0.1, 0.15) is 0 Å². The van der Waals surface area contributed by atoms with E-state index in [0.717, 1.165) is 19.6 Å². The van der Waals surface area contributed by atoms with Gasteiger partial charge in [0.25, 0.3) is 0 Å². The molecule has 0 unspecified atom stereocenters. The Morgan fingerprint density at radius 2 is 2.00 bits per heavy atom. The fourth-order valence-electron chi connectivity index (χ4n) is 2.09. The molecule has 7 heteroatoms. The highest BCUT2D eigenvalue weighted by atomic mass is 16.4. The van der Waals surface area contributed by atoms with E-state index in [4.69, 9.17) is 5.11 Å². The first-order valence-corrected chi connectivity index (χ1v) is 6.56. The Morgan fingerprint density at radius 3 is 2.60 bits per heavy atom. The van der Waals surface area contributed by atoms with E-state index < -0.39 is 5.97 Å². The molecule has 0 spiro atoms. The Hall–Kier alpha value is -2.15. The van der Waals surface area contributed by atoms with Crippen LogP contribution in [-0.4, -0.2) is 64.6 Å². The number of hydrogen-bond acceptors (Lipinski definition) is 4. The molecular formula is C13H18N4O3. The number of anilines is 1. The minimum atomic E-state index is -1.06. The molecular weight excluding hydrogens is 260 g/mol. The topological polar surface area (TPSA) is 85.8 Å². The molecule has 1 saturated heterocycles. The summed E-state index contributed by atoms with van der Waals surface area (Å²) in [6.07, 6.45) is 2.69. The van der Waals surface area contributed by atoms with Crippen molar-refractivity contribution in [1.29, 1.82) is 0 Å². The lowest BCUT2D eigenvalue weighted by atomic mass is 10.2. The Balaban J connectivity index is 1.95. The lowest BCUT2D eigenvalue weighted by Crippen LogP contribution is -2.49. The van der Waals surface area contributed by atoms with E-state index in [1.165, 1.54) is 18.5 Å². The maximum Gasteiger partial charge on any atom is 0.337 e. The predicted molar refractivity (Wildman–Crippen MR) is 73.9 cm³/mol. The Bertz CT molecular complexity index is 498. The maximum atomic E-state index is 12.1. The van der Waals surface area contributed by atoms with E-state index in [2.05, 4.69) is 22.1 Å². The van der Waals surface area contributed by atoms with Gasteiger partial charge in [-0.15, -0.1) is 0 Å². The lowest BCUT2D eigenvalue weighted by Gasteiger charge is -2.33. The maximum absolute atomic E-state index is 12.1. The van der Waals surface area contributed by atoms with E-state index in [-0.39, 0.29) is 11.6 Å². The van der Waals surface area contributed by atoms with Crippen molar-refractivity contribution in [3.05, 3.63) is 24.0 Å². The number of aromatic nitrogens is 1. The monoisotopic (exact) mass is 278 g/mol. The highest BCUT2D eigenvalue weighted by Crippen LogP contribution is 2.10. The molecule has 1 aromatic heterocycles. The van der Waals surface area contributed by atoms with Gasteiger partial charge in [-0.05, 0) is 12.6 Å². The number of urea groups is 1. The average molecular weight is 278 g/mol. The van der Waals surface area contributed by atoms with Crippen molar-refractivity contribution in [1.82, 2.24) is 14.8 Å². The van der Waals surface area contributed by atoms with Crippen LogP contribution in [0.15, 0.2) is 18.5 Å². The van der Waals surface area contributed by atoms with Gasteiger partial charge in [-0.25, -0.2) is 9.59 Å². The second-order valence-corrected chi connectivity index (χ2v) is 4.62. The van der Waals surface area contributed by atoms with Crippen LogP contribution in [0.3, 0.4) is 0 Å². The van der Waals surface area contributed by atoms with Crippen LogP contribution in [0.1, 0.15) is 17.3 Å². The average Bonchev–Trinajstić information content (AvgIpc) is 2.47. The molecule has 2 amide bonds. The molecule has 0 atom stereocenters. The summed E-state index contributed by atoms with van der Waals surface area (Å²) in [5.74, 6) is -1.06. The highest BCUT2D eigenvalue weighted by Gasteiger charge is 2.20. The summed E-state index contributed by atoms with van der Waals surface area (Å²) in [4.78, 5) is 30.7. The van der Waals surface area contributed by atoms with E-state index in [1.54, 1.807) is 4.90 Å². The lowest BCUT2D eigenvalue weighted by molar-refractivity contribution is 0.0696. The molecule has 1 aliphatic rings. The Kier molecular flexibility index (Phi) is 4.52. The summed E-state index contributed by atoms with van der Waals surface area (Å²) in [6, 6.07) is 1.18. The van der Waals surface area contributed by atoms with Crippen LogP contribution in [-0.2, 0) is 0 Å². The molecule has 0 saturated carbocycles. The molecule has 108 valence electrons. The smallest absolute Gasteiger partial charge is 0.337 e. The Labute approximate surface area is 117 Å². The number of hydrogen-bond donors (Lipinski definition) is 2. The van der Waals surface area contributed by atoms with Crippen LogP contribution in [0, 0.1) is 0 Å². The molecule has 2 N–H and O–H groups in total. The van der Waals surface area contributed by atoms with Crippen molar-refractivity contribution < 1.29 is 14.7 Å². The van der Waals surface area contributed by atoms with Crippen molar-refractivity contribution in [3.63, 3.8) is 0 Å². The van der Waals surface area contributed by atoms with Crippen LogP contribution in [0.4, 0.5) is 10.5 Å². The first-order valence-electron chi connectivity index (χ1n) is 6.56. The zero-order valence-corrected chi connectivity index (χ0v) is 11.4. The summed E-state index contributed by atoms with van der Waals surface area (Å²) in [5.41, 5.74) is 0.450. The number of nitrogens with one attached hydrogen (secondary N) is 1. The van der Waals surface area contributed by atoms with E-state index in [1.807, 2.05) is 0 Å². The largest absolute Gasteiger partial charge is 0.478 e. The van der Waals surface area contributed by atoms with E-state index in [9.17, 15) is 9.59 Å². The van der Waals surface area contributed by atoms with Gasteiger partial charge < -0.3 is 20.2 Å². The first kappa shape index (κ1) is 14.3. The molecule has 2 heterocycles. The second kappa shape index (κ2) is 6.33. The van der Waals surface area contributed by atoms with Gasteiger partial charge >= 0.3 is 12.0 Å². The molecule has 1 aliphatic heterocycles. The standard InChI is InChI=1S/C13H18N4O3/c1-2-16-3-5-17(6-4-16)13(20)15-11-7-10(12(18)19)8-14-9-11/h7-9H,2-6H2,1H3,(H,15,20)(H,18,19). The number of amides is 2. The third-order valence-electron chi connectivity index (χ3n) is 3.34. The van der Waals surface area contributed by atoms with Crippen LogP contribution < -0.4 is 5.32 Å². The van der Waals surface area contributed by atoms with Gasteiger partial charge in [-0.2, -0.15) is 0 Å². The number of likely N-dealkylation sites (N-methyl/N-ethyl adjacent to an activating group) is 1. The van der Waals surface area contributed by atoms with Crippen LogP contribution in [0.2, 0.25) is 0 Å². The van der Waals surface area contributed by atoms with Crippen LogP contribution in [0.5, 0.6) is 0 Å². The van der Waals surface area contributed by atoms with Gasteiger partial charge in [0.05, 0.1) is 17.4 Å². The normalized spacial score (nSPS) is 15.9. The minimum absolute atomic E-state index is 0.0543. The van der Waals surface area contributed by atoms with Crippen LogP contribution in [0.25, 0.3) is 0 Å². The number of rotatable bonds is 3. The van der Waals surface area contributed by atoms with Gasteiger partial charge in [0, 0.05) is 32.4 Å². The molecule has 1 aromatic rings. The molecule has 20 heavy (non-hydrogen) atoms. The molecule has 7 nitrogen and oxygen atoms in total. The summed E-state index contributed by atoms with van der Waals surface area (Å²) < 4.78 is 0. The first-order chi connectivity index (χ1) is 9.60. The fraction of sp³-hybridized carbons (Fsp3) is 0.462. The van der Waals surface area contributed by atoms with Crippen molar-refractivity contribution in [2.24, 2.45) is 0 Å². The number of carbonyl (C=O) groups is 2. The number of pyridine rings is 1. The number of aromatic carboxylic acids is 1. The van der Waals surface area contributed by atoms with Crippen molar-refractivity contribution >= 4 is 17.7 Å². The molecule has 2 rings (SSSR count). The van der Waals surface area contributed by atoms with Gasteiger partial charge in [-0.3, -0.25) is 4.98 Å². The van der Waals surface area contributed by atoms with Crippen molar-refractivity contribution in [2.45, 2.75) is 6.92 Å². The van der Waals surface area contributed by atoms with Gasteiger partial charge in [0.2, 0.25) is 0 Å². The number of piperazine rings is 1. The third-order valence-corrected chi connectivity index (χ3v) is 3.34. The quantitative estimate of drug-likeness (QED) is 0.859. The molecule has 0 bridgehead atoms. The summed E-state index contributed by atoms with van der Waals surface area (Å²) in [7, 11) is 0. The fourth-order valence-corrected chi connectivity index (χ4v) is 2.09. The predicted octanol–water partition coefficient (Wildman–Crippen LogP) is 0.949. The minimum Gasteiger partial charge on any atom is -0.478 e. The van der Waals surface area contributed by atoms with E-state index >= 15 is 0 Å². The number of carbonyl (C=O) groups excluding carboxylic acids is 1. The van der Waals surface area contributed by atoms with Crippen LogP contribution >= 0.6 is 0 Å². The van der Waals surface area contributed by atoms with Gasteiger partial charge in [-0.1, -0.05) is 6.92 Å².